The number of hydrogen-bond donors (Lipinski definition) is 1. The normalized spacial score (nSPS) is 15.4. The van der Waals surface area contributed by atoms with Gasteiger partial charge < -0.3 is 9.84 Å². The summed E-state index contributed by atoms with van der Waals surface area (Å²) in [6.45, 7) is 6.17. The highest BCUT2D eigenvalue weighted by Gasteiger charge is 2.26. The van der Waals surface area contributed by atoms with Crippen LogP contribution in [-0.2, 0) is 4.79 Å². The van der Waals surface area contributed by atoms with Gasteiger partial charge in [0.15, 0.2) is 0 Å². The molecule has 6 heteroatoms. The lowest BCUT2D eigenvalue weighted by molar-refractivity contribution is -0.117. The first kappa shape index (κ1) is 19.3. The Hall–Kier alpha value is -2.99. The Bertz CT molecular complexity index is 955. The molecule has 1 aliphatic heterocycles. The third kappa shape index (κ3) is 4.90. The van der Waals surface area contributed by atoms with Crippen LogP contribution in [0.4, 0.5) is 5.69 Å². The number of amides is 1. The summed E-state index contributed by atoms with van der Waals surface area (Å²) in [5.41, 5.74) is 4.19. The predicted molar refractivity (Wildman–Crippen MR) is 113 cm³/mol. The van der Waals surface area contributed by atoms with Crippen LogP contribution in [0.3, 0.4) is 0 Å². The highest BCUT2D eigenvalue weighted by atomic mass is 16.5. The highest BCUT2D eigenvalue weighted by molar-refractivity contribution is 5.92. The van der Waals surface area contributed by atoms with E-state index in [0.717, 1.165) is 37.2 Å². The van der Waals surface area contributed by atoms with Crippen molar-refractivity contribution >= 4 is 11.6 Å². The fourth-order valence-electron chi connectivity index (χ4n) is 3.60. The van der Waals surface area contributed by atoms with Gasteiger partial charge in [-0.15, -0.1) is 0 Å². The van der Waals surface area contributed by atoms with E-state index in [1.165, 1.54) is 11.1 Å². The van der Waals surface area contributed by atoms with Crippen molar-refractivity contribution in [3.8, 4) is 11.4 Å². The maximum atomic E-state index is 12.3. The zero-order valence-corrected chi connectivity index (χ0v) is 16.9. The smallest absolute Gasteiger partial charge is 0.238 e. The summed E-state index contributed by atoms with van der Waals surface area (Å²) >= 11 is 0. The molecule has 4 rings (SSSR count). The molecule has 0 bridgehead atoms. The van der Waals surface area contributed by atoms with Crippen LogP contribution in [0.25, 0.3) is 11.4 Å². The Kier molecular flexibility index (Phi) is 5.71. The fraction of sp³-hybridized carbons (Fsp3) is 0.348. The molecule has 1 amide bonds. The van der Waals surface area contributed by atoms with Crippen molar-refractivity contribution in [3.05, 3.63) is 65.5 Å². The average Bonchev–Trinajstić information content (AvgIpc) is 3.21. The lowest BCUT2D eigenvalue weighted by Gasteiger charge is -2.29. The van der Waals surface area contributed by atoms with Crippen LogP contribution < -0.4 is 5.32 Å². The number of likely N-dealkylation sites (tertiary alicyclic amines) is 1. The topological polar surface area (TPSA) is 71.3 Å². The van der Waals surface area contributed by atoms with Crippen molar-refractivity contribution in [1.82, 2.24) is 15.0 Å². The molecule has 0 saturated carbocycles. The van der Waals surface area contributed by atoms with Crippen molar-refractivity contribution in [1.29, 1.82) is 0 Å². The molecule has 2 heterocycles. The first-order valence-electron chi connectivity index (χ1n) is 10.1. The van der Waals surface area contributed by atoms with Gasteiger partial charge in [-0.3, -0.25) is 9.69 Å². The van der Waals surface area contributed by atoms with Gasteiger partial charge in [-0.05, 0) is 51.9 Å². The van der Waals surface area contributed by atoms with E-state index in [2.05, 4.69) is 27.3 Å². The number of carbonyl (C=O) groups excluding carboxylic acids is 1. The molecule has 150 valence electrons. The number of benzene rings is 2. The molecule has 1 N–H and O–H groups in total. The van der Waals surface area contributed by atoms with Crippen molar-refractivity contribution in [2.45, 2.75) is 32.6 Å². The first-order chi connectivity index (χ1) is 14.1. The lowest BCUT2D eigenvalue weighted by atomic mass is 9.97. The highest BCUT2D eigenvalue weighted by Crippen LogP contribution is 2.28. The standard InChI is InChI=1S/C23H26N4O2/c1-16-3-7-18(8-4-16)22-25-23(29-26-22)19-11-13-27(14-12-19)15-21(28)24-20-9-5-17(2)6-10-20/h3-10,19H,11-15H2,1-2H3,(H,24,28). The van der Waals surface area contributed by atoms with Crippen LogP contribution in [-0.4, -0.2) is 40.6 Å². The van der Waals surface area contributed by atoms with Crippen LogP contribution in [0.2, 0.25) is 0 Å². The molecule has 1 aromatic heterocycles. The van der Waals surface area contributed by atoms with Crippen molar-refractivity contribution in [2.75, 3.05) is 25.0 Å². The number of hydrogen-bond acceptors (Lipinski definition) is 5. The second kappa shape index (κ2) is 8.57. The second-order valence-electron chi connectivity index (χ2n) is 7.79. The summed E-state index contributed by atoms with van der Waals surface area (Å²) in [6, 6.07) is 16.0. The maximum Gasteiger partial charge on any atom is 0.238 e. The molecular formula is C23H26N4O2. The molecule has 0 unspecified atom stereocenters. The third-order valence-electron chi connectivity index (χ3n) is 5.39. The average molecular weight is 390 g/mol. The molecule has 6 nitrogen and oxygen atoms in total. The van der Waals surface area contributed by atoms with E-state index in [-0.39, 0.29) is 11.8 Å². The molecule has 3 aromatic rings. The van der Waals surface area contributed by atoms with Crippen molar-refractivity contribution in [2.24, 2.45) is 0 Å². The Morgan fingerprint density at radius 1 is 1.03 bits per heavy atom. The third-order valence-corrected chi connectivity index (χ3v) is 5.39. The van der Waals surface area contributed by atoms with Gasteiger partial charge in [0, 0.05) is 17.2 Å². The van der Waals surface area contributed by atoms with Crippen LogP contribution in [0.15, 0.2) is 53.1 Å². The van der Waals surface area contributed by atoms with Gasteiger partial charge in [0.05, 0.1) is 6.54 Å². The van der Waals surface area contributed by atoms with Gasteiger partial charge >= 0.3 is 0 Å². The van der Waals surface area contributed by atoms with Gasteiger partial charge in [-0.25, -0.2) is 0 Å². The number of aromatic nitrogens is 2. The fourth-order valence-corrected chi connectivity index (χ4v) is 3.60. The number of piperidine rings is 1. The SMILES string of the molecule is Cc1ccc(NC(=O)CN2CCC(c3nc(-c4ccc(C)cc4)no3)CC2)cc1. The van der Waals surface area contributed by atoms with Crippen LogP contribution in [0.5, 0.6) is 0 Å². The van der Waals surface area contributed by atoms with Crippen molar-refractivity contribution < 1.29 is 9.32 Å². The quantitative estimate of drug-likeness (QED) is 0.708. The Morgan fingerprint density at radius 3 is 2.31 bits per heavy atom. The number of aryl methyl sites for hydroxylation is 2. The van der Waals surface area contributed by atoms with Gasteiger partial charge in [0.25, 0.3) is 0 Å². The number of carbonyl (C=O) groups is 1. The minimum absolute atomic E-state index is 0.0201. The van der Waals surface area contributed by atoms with Crippen molar-refractivity contribution in [3.63, 3.8) is 0 Å². The molecule has 0 radical (unpaired) electrons. The molecule has 29 heavy (non-hydrogen) atoms. The number of rotatable bonds is 5. The van der Waals surface area contributed by atoms with E-state index in [0.29, 0.717) is 18.3 Å². The molecule has 1 fully saturated rings. The Balaban J connectivity index is 1.28. The number of nitrogens with zero attached hydrogens (tertiary/aromatic N) is 3. The zero-order valence-electron chi connectivity index (χ0n) is 16.9. The van der Waals surface area contributed by atoms with Crippen LogP contribution >= 0.6 is 0 Å². The minimum Gasteiger partial charge on any atom is -0.339 e. The summed E-state index contributed by atoms with van der Waals surface area (Å²) in [4.78, 5) is 19.1. The van der Waals surface area contributed by atoms with Gasteiger partial charge in [-0.2, -0.15) is 4.98 Å². The van der Waals surface area contributed by atoms with E-state index >= 15 is 0 Å². The largest absolute Gasteiger partial charge is 0.339 e. The summed E-state index contributed by atoms with van der Waals surface area (Å²) in [5, 5.41) is 7.11. The summed E-state index contributed by atoms with van der Waals surface area (Å²) in [5.74, 6) is 1.61. The summed E-state index contributed by atoms with van der Waals surface area (Å²) in [6.07, 6.45) is 1.82. The van der Waals surface area contributed by atoms with E-state index in [4.69, 9.17) is 4.52 Å². The minimum atomic E-state index is 0.0201. The molecule has 1 aliphatic rings. The molecule has 0 atom stereocenters. The van der Waals surface area contributed by atoms with E-state index in [1.54, 1.807) is 0 Å². The first-order valence-corrected chi connectivity index (χ1v) is 10.1. The van der Waals surface area contributed by atoms with E-state index < -0.39 is 0 Å². The second-order valence-corrected chi connectivity index (χ2v) is 7.79. The zero-order chi connectivity index (χ0) is 20.2. The van der Waals surface area contributed by atoms with Gasteiger partial charge in [-0.1, -0.05) is 52.7 Å². The number of anilines is 1. The van der Waals surface area contributed by atoms with E-state index in [9.17, 15) is 4.79 Å². The van der Waals surface area contributed by atoms with E-state index in [1.807, 2.05) is 55.5 Å². The summed E-state index contributed by atoms with van der Waals surface area (Å²) < 4.78 is 5.53. The van der Waals surface area contributed by atoms with Crippen LogP contribution in [0.1, 0.15) is 35.8 Å². The monoisotopic (exact) mass is 390 g/mol. The molecule has 1 saturated heterocycles. The van der Waals surface area contributed by atoms with Gasteiger partial charge in [0.2, 0.25) is 17.6 Å². The predicted octanol–water partition coefficient (Wildman–Crippen LogP) is 4.17. The molecule has 0 aliphatic carbocycles. The van der Waals surface area contributed by atoms with Gasteiger partial charge in [0.1, 0.15) is 0 Å². The number of nitrogens with one attached hydrogen (secondary N) is 1. The molecular weight excluding hydrogens is 364 g/mol. The Morgan fingerprint density at radius 2 is 1.66 bits per heavy atom. The van der Waals surface area contributed by atoms with Crippen LogP contribution in [0, 0.1) is 13.8 Å². The molecule has 2 aromatic carbocycles. The maximum absolute atomic E-state index is 12.3. The molecule has 0 spiro atoms. The summed E-state index contributed by atoms with van der Waals surface area (Å²) in [7, 11) is 0. The lowest BCUT2D eigenvalue weighted by Crippen LogP contribution is -2.38. The Labute approximate surface area is 170 Å².